The Bertz CT molecular complexity index is 556. The topological polar surface area (TPSA) is 116 Å². The maximum Gasteiger partial charge on any atom is 0.326 e. The summed E-state index contributed by atoms with van der Waals surface area (Å²) in [7, 11) is 0. The average Bonchev–Trinajstić information content (AvgIpc) is 2.37. The van der Waals surface area contributed by atoms with Crippen LogP contribution in [0.15, 0.2) is 18.2 Å². The van der Waals surface area contributed by atoms with Crippen LogP contribution in [0.5, 0.6) is 0 Å². The van der Waals surface area contributed by atoms with Gasteiger partial charge in [-0.05, 0) is 31.9 Å². The summed E-state index contributed by atoms with van der Waals surface area (Å²) in [4.78, 5) is 33.2. The fourth-order valence-electron chi connectivity index (χ4n) is 1.80. The van der Waals surface area contributed by atoms with Crippen molar-refractivity contribution in [2.75, 3.05) is 5.32 Å². The van der Waals surface area contributed by atoms with Crippen LogP contribution < -0.4 is 10.6 Å². The smallest absolute Gasteiger partial charge is 0.326 e. The van der Waals surface area contributed by atoms with Crippen molar-refractivity contribution < 1.29 is 24.6 Å². The zero-order valence-electron chi connectivity index (χ0n) is 11.8. The zero-order valence-corrected chi connectivity index (χ0v) is 11.8. The van der Waals surface area contributed by atoms with Crippen LogP contribution in [0.4, 0.5) is 10.5 Å². The summed E-state index contributed by atoms with van der Waals surface area (Å²) in [5, 5.41) is 22.3. The van der Waals surface area contributed by atoms with Crippen molar-refractivity contribution in [3.8, 4) is 0 Å². The van der Waals surface area contributed by atoms with Crippen molar-refractivity contribution >= 4 is 23.7 Å². The molecule has 1 atom stereocenters. The monoisotopic (exact) mass is 294 g/mol. The molecule has 1 aromatic rings. The predicted octanol–water partition coefficient (Wildman–Crippen LogP) is 1.74. The van der Waals surface area contributed by atoms with Crippen molar-refractivity contribution in [3.05, 3.63) is 29.3 Å². The lowest BCUT2D eigenvalue weighted by molar-refractivity contribution is -0.140. The molecule has 21 heavy (non-hydrogen) atoms. The van der Waals surface area contributed by atoms with Gasteiger partial charge in [0, 0.05) is 12.1 Å². The third-order valence-electron chi connectivity index (χ3n) is 2.88. The van der Waals surface area contributed by atoms with Gasteiger partial charge < -0.3 is 20.8 Å². The molecule has 0 aliphatic carbocycles. The van der Waals surface area contributed by atoms with Gasteiger partial charge >= 0.3 is 18.0 Å². The van der Waals surface area contributed by atoms with E-state index < -0.39 is 24.0 Å². The molecule has 0 aliphatic rings. The van der Waals surface area contributed by atoms with E-state index in [9.17, 15) is 14.4 Å². The van der Waals surface area contributed by atoms with Crippen molar-refractivity contribution in [2.24, 2.45) is 0 Å². The molecule has 7 heteroatoms. The summed E-state index contributed by atoms with van der Waals surface area (Å²) in [6, 6.07) is 3.50. The van der Waals surface area contributed by atoms with E-state index >= 15 is 0 Å². The quantitative estimate of drug-likeness (QED) is 0.638. The minimum atomic E-state index is -1.27. The van der Waals surface area contributed by atoms with E-state index in [1.807, 2.05) is 26.0 Å². The van der Waals surface area contributed by atoms with Gasteiger partial charge in [-0.2, -0.15) is 0 Å². The number of carboxylic acids is 2. The van der Waals surface area contributed by atoms with Gasteiger partial charge in [0.25, 0.3) is 0 Å². The molecule has 0 spiro atoms. The van der Waals surface area contributed by atoms with Crippen LogP contribution >= 0.6 is 0 Å². The van der Waals surface area contributed by atoms with E-state index in [1.54, 1.807) is 6.07 Å². The molecule has 0 bridgehead atoms. The van der Waals surface area contributed by atoms with E-state index in [0.29, 0.717) is 5.69 Å². The van der Waals surface area contributed by atoms with Gasteiger partial charge in [-0.1, -0.05) is 17.7 Å². The Morgan fingerprint density at radius 3 is 2.38 bits per heavy atom. The summed E-state index contributed by atoms with van der Waals surface area (Å²) in [6.07, 6.45) is -0.508. The molecule has 0 aromatic heterocycles. The molecular weight excluding hydrogens is 276 g/mol. The van der Waals surface area contributed by atoms with E-state index in [1.165, 1.54) is 0 Å². The number of anilines is 1. The van der Waals surface area contributed by atoms with E-state index in [0.717, 1.165) is 11.1 Å². The normalized spacial score (nSPS) is 11.5. The van der Waals surface area contributed by atoms with Gasteiger partial charge in [-0.15, -0.1) is 0 Å². The number of amides is 2. The summed E-state index contributed by atoms with van der Waals surface area (Å²) < 4.78 is 0. The molecule has 1 unspecified atom stereocenters. The first-order valence-electron chi connectivity index (χ1n) is 6.39. The van der Waals surface area contributed by atoms with Gasteiger partial charge in [0.15, 0.2) is 0 Å². The number of aryl methyl sites for hydroxylation is 2. The lowest BCUT2D eigenvalue weighted by Gasteiger charge is -2.15. The van der Waals surface area contributed by atoms with Crippen LogP contribution in [0.1, 0.15) is 24.0 Å². The van der Waals surface area contributed by atoms with E-state index in [2.05, 4.69) is 10.6 Å². The number of carboxylic acid groups (broad SMARTS) is 2. The number of aliphatic carboxylic acids is 2. The number of nitrogens with one attached hydrogen (secondary N) is 2. The van der Waals surface area contributed by atoms with Crippen LogP contribution in [0, 0.1) is 13.8 Å². The van der Waals surface area contributed by atoms with Crippen LogP contribution in [0.3, 0.4) is 0 Å². The fraction of sp³-hybridized carbons (Fsp3) is 0.357. The average molecular weight is 294 g/mol. The third kappa shape index (κ3) is 5.52. The second-order valence-electron chi connectivity index (χ2n) is 4.74. The van der Waals surface area contributed by atoms with Crippen molar-refractivity contribution in [1.29, 1.82) is 0 Å². The minimum absolute atomic E-state index is 0.176. The highest BCUT2D eigenvalue weighted by molar-refractivity contribution is 5.93. The first-order chi connectivity index (χ1) is 9.79. The number of hydrogen-bond donors (Lipinski definition) is 4. The summed E-state index contributed by atoms with van der Waals surface area (Å²) in [5.74, 6) is -2.38. The van der Waals surface area contributed by atoms with Crippen LogP contribution in [0.25, 0.3) is 0 Å². The Morgan fingerprint density at radius 1 is 1.19 bits per heavy atom. The molecule has 4 N–H and O–H groups in total. The number of benzene rings is 1. The minimum Gasteiger partial charge on any atom is -0.481 e. The maximum atomic E-state index is 11.8. The lowest BCUT2D eigenvalue weighted by atomic mass is 10.1. The van der Waals surface area contributed by atoms with Gasteiger partial charge in [0.1, 0.15) is 6.04 Å². The summed E-state index contributed by atoms with van der Waals surface area (Å²) in [5.41, 5.74) is 2.46. The maximum absolute atomic E-state index is 11.8. The second kappa shape index (κ2) is 7.28. The molecule has 1 rings (SSSR count). The van der Waals surface area contributed by atoms with Crippen molar-refractivity contribution in [2.45, 2.75) is 32.7 Å². The highest BCUT2D eigenvalue weighted by Crippen LogP contribution is 2.15. The molecule has 1 aromatic carbocycles. The predicted molar refractivity (Wildman–Crippen MR) is 76.4 cm³/mol. The SMILES string of the molecule is Cc1ccc(NC(=O)NC(CCC(=O)O)C(=O)O)c(C)c1. The summed E-state index contributed by atoms with van der Waals surface area (Å²) >= 11 is 0. The van der Waals surface area contributed by atoms with Crippen LogP contribution in [0.2, 0.25) is 0 Å². The van der Waals surface area contributed by atoms with Crippen molar-refractivity contribution in [3.63, 3.8) is 0 Å². The first kappa shape index (κ1) is 16.5. The van der Waals surface area contributed by atoms with Gasteiger partial charge in [0.2, 0.25) is 0 Å². The molecule has 0 saturated heterocycles. The zero-order chi connectivity index (χ0) is 16.0. The molecular formula is C14H18N2O5. The summed E-state index contributed by atoms with van der Waals surface area (Å²) in [6.45, 7) is 3.74. The number of urea groups is 1. The van der Waals surface area contributed by atoms with Crippen LogP contribution in [-0.2, 0) is 9.59 Å². The Labute approximate surface area is 122 Å². The number of carbonyl (C=O) groups is 3. The highest BCUT2D eigenvalue weighted by atomic mass is 16.4. The molecule has 7 nitrogen and oxygen atoms in total. The standard InChI is InChI=1S/C14H18N2O5/c1-8-3-4-10(9(2)7-8)15-14(21)16-11(13(19)20)5-6-12(17)18/h3-4,7,11H,5-6H2,1-2H3,(H,17,18)(H,19,20)(H2,15,16,21). The molecule has 0 heterocycles. The van der Waals surface area contributed by atoms with E-state index in [4.69, 9.17) is 10.2 Å². The Morgan fingerprint density at radius 2 is 1.86 bits per heavy atom. The lowest BCUT2D eigenvalue weighted by Crippen LogP contribution is -2.43. The number of carbonyl (C=O) groups excluding carboxylic acids is 1. The van der Waals surface area contributed by atoms with Gasteiger partial charge in [-0.25, -0.2) is 9.59 Å². The Kier molecular flexibility index (Phi) is 5.71. The number of hydrogen-bond acceptors (Lipinski definition) is 3. The van der Waals surface area contributed by atoms with Crippen LogP contribution in [-0.4, -0.2) is 34.2 Å². The number of rotatable bonds is 6. The fourth-order valence-corrected chi connectivity index (χ4v) is 1.80. The van der Waals surface area contributed by atoms with Crippen molar-refractivity contribution in [1.82, 2.24) is 5.32 Å². The second-order valence-corrected chi connectivity index (χ2v) is 4.74. The molecule has 0 aliphatic heterocycles. The Balaban J connectivity index is 2.65. The largest absolute Gasteiger partial charge is 0.481 e. The molecule has 0 fully saturated rings. The van der Waals surface area contributed by atoms with E-state index in [-0.39, 0.29) is 12.8 Å². The molecule has 0 radical (unpaired) electrons. The first-order valence-corrected chi connectivity index (χ1v) is 6.39. The van der Waals surface area contributed by atoms with Gasteiger partial charge in [0.05, 0.1) is 0 Å². The molecule has 114 valence electrons. The third-order valence-corrected chi connectivity index (χ3v) is 2.88. The Hall–Kier alpha value is -2.57. The highest BCUT2D eigenvalue weighted by Gasteiger charge is 2.21. The van der Waals surface area contributed by atoms with Gasteiger partial charge in [-0.3, -0.25) is 4.79 Å². The molecule has 2 amide bonds. The molecule has 0 saturated carbocycles.